The lowest BCUT2D eigenvalue weighted by molar-refractivity contribution is -0.120. The normalized spacial score (nSPS) is 12.4. The largest absolute Gasteiger partial charge is 0.469 e. The zero-order chi connectivity index (χ0) is 12.5. The van der Waals surface area contributed by atoms with Crippen molar-refractivity contribution in [2.24, 2.45) is 0 Å². The van der Waals surface area contributed by atoms with Crippen LogP contribution < -0.4 is 10.6 Å². The van der Waals surface area contributed by atoms with Crippen LogP contribution in [-0.2, 0) is 16.0 Å². The lowest BCUT2D eigenvalue weighted by Gasteiger charge is -2.12. The quantitative estimate of drug-likeness (QED) is 0.652. The highest BCUT2D eigenvalue weighted by Gasteiger charge is 2.08. The summed E-state index contributed by atoms with van der Waals surface area (Å²) in [6.07, 6.45) is 2.34. The molecule has 1 unspecified atom stereocenters. The average Bonchev–Trinajstić information content (AvgIpc) is 2.77. The Hall–Kier alpha value is -1.33. The third kappa shape index (κ3) is 6.09. The molecule has 1 rings (SSSR count). The van der Waals surface area contributed by atoms with Crippen LogP contribution in [0.5, 0.6) is 0 Å². The van der Waals surface area contributed by atoms with Crippen LogP contribution in [0, 0.1) is 0 Å². The van der Waals surface area contributed by atoms with Crippen LogP contribution >= 0.6 is 0 Å². The van der Waals surface area contributed by atoms with Crippen LogP contribution in [0.1, 0.15) is 12.7 Å². The lowest BCUT2D eigenvalue weighted by atomic mass is 10.2. The highest BCUT2D eigenvalue weighted by Crippen LogP contribution is 2.03. The van der Waals surface area contributed by atoms with Gasteiger partial charge in [-0.15, -0.1) is 0 Å². The number of carbonyl (C=O) groups is 1. The monoisotopic (exact) mass is 240 g/mol. The second-order valence-corrected chi connectivity index (χ2v) is 3.92. The van der Waals surface area contributed by atoms with Crippen LogP contribution in [0.3, 0.4) is 0 Å². The first-order valence-electron chi connectivity index (χ1n) is 5.73. The molecule has 1 aromatic heterocycles. The van der Waals surface area contributed by atoms with Crippen molar-refractivity contribution in [1.82, 2.24) is 10.6 Å². The zero-order valence-electron chi connectivity index (χ0n) is 10.4. The van der Waals surface area contributed by atoms with Crippen LogP contribution in [0.4, 0.5) is 0 Å². The van der Waals surface area contributed by atoms with Gasteiger partial charge in [-0.2, -0.15) is 0 Å². The Morgan fingerprint density at radius 1 is 1.59 bits per heavy atom. The van der Waals surface area contributed by atoms with E-state index in [0.717, 1.165) is 5.76 Å². The Bertz CT molecular complexity index is 312. The first-order chi connectivity index (χ1) is 8.22. The van der Waals surface area contributed by atoms with E-state index in [1.165, 1.54) is 0 Å². The van der Waals surface area contributed by atoms with Gasteiger partial charge < -0.3 is 19.8 Å². The Morgan fingerprint density at radius 2 is 2.41 bits per heavy atom. The molecule has 1 heterocycles. The molecule has 0 aromatic carbocycles. The van der Waals surface area contributed by atoms with E-state index in [0.29, 0.717) is 26.1 Å². The number of hydrogen-bond donors (Lipinski definition) is 2. The second kappa shape index (κ2) is 7.86. The van der Waals surface area contributed by atoms with E-state index in [1.54, 1.807) is 13.4 Å². The number of ether oxygens (including phenoxy) is 1. The molecular formula is C12H20N2O3. The van der Waals surface area contributed by atoms with Gasteiger partial charge in [-0.05, 0) is 19.1 Å². The zero-order valence-corrected chi connectivity index (χ0v) is 10.4. The fraction of sp³-hybridized carbons (Fsp3) is 0.583. The number of rotatable bonds is 8. The molecule has 0 aliphatic carbocycles. The van der Waals surface area contributed by atoms with Gasteiger partial charge in [0.05, 0.1) is 19.4 Å². The van der Waals surface area contributed by atoms with Crippen molar-refractivity contribution in [3.05, 3.63) is 24.2 Å². The summed E-state index contributed by atoms with van der Waals surface area (Å²) in [6, 6.07) is 3.81. The summed E-state index contributed by atoms with van der Waals surface area (Å²) in [5, 5.41) is 5.88. The average molecular weight is 240 g/mol. The molecule has 0 fully saturated rings. The van der Waals surface area contributed by atoms with Gasteiger partial charge in [0.2, 0.25) is 5.91 Å². The number of carbonyl (C=O) groups excluding carboxylic acids is 1. The summed E-state index contributed by atoms with van der Waals surface area (Å²) in [5.74, 6) is 0.866. The molecule has 0 saturated heterocycles. The first kappa shape index (κ1) is 13.7. The molecule has 5 heteroatoms. The molecule has 0 spiro atoms. The molecule has 1 atom stereocenters. The number of hydrogen-bond acceptors (Lipinski definition) is 4. The van der Waals surface area contributed by atoms with E-state index in [9.17, 15) is 4.79 Å². The molecule has 1 aromatic rings. The van der Waals surface area contributed by atoms with Crippen LogP contribution in [0.25, 0.3) is 0 Å². The van der Waals surface area contributed by atoms with E-state index >= 15 is 0 Å². The number of furan rings is 1. The van der Waals surface area contributed by atoms with Crippen molar-refractivity contribution in [3.8, 4) is 0 Å². The molecule has 1 amide bonds. The van der Waals surface area contributed by atoms with Crippen molar-refractivity contribution in [1.29, 1.82) is 0 Å². The molecule has 0 aliphatic rings. The molecule has 0 bridgehead atoms. The van der Waals surface area contributed by atoms with E-state index in [2.05, 4.69) is 10.6 Å². The van der Waals surface area contributed by atoms with E-state index < -0.39 is 0 Å². The van der Waals surface area contributed by atoms with Gasteiger partial charge in [0.25, 0.3) is 0 Å². The maximum absolute atomic E-state index is 11.5. The van der Waals surface area contributed by atoms with E-state index in [4.69, 9.17) is 9.15 Å². The standard InChI is InChI=1S/C12H20N2O3/c1-10(8-11-4-3-6-17-11)14-12(15)9-13-5-7-16-2/h3-4,6,10,13H,5,7-9H2,1-2H3,(H,14,15). The molecule has 96 valence electrons. The minimum absolute atomic E-state index is 0.0137. The van der Waals surface area contributed by atoms with Crippen LogP contribution in [-0.4, -0.2) is 38.8 Å². The minimum Gasteiger partial charge on any atom is -0.469 e. The Morgan fingerprint density at radius 3 is 3.06 bits per heavy atom. The number of nitrogens with one attached hydrogen (secondary N) is 2. The fourth-order valence-corrected chi connectivity index (χ4v) is 1.48. The van der Waals surface area contributed by atoms with Crippen molar-refractivity contribution in [2.45, 2.75) is 19.4 Å². The number of amides is 1. The van der Waals surface area contributed by atoms with Crippen LogP contribution in [0.15, 0.2) is 22.8 Å². The summed E-state index contributed by atoms with van der Waals surface area (Å²) in [4.78, 5) is 11.5. The maximum Gasteiger partial charge on any atom is 0.234 e. The molecule has 2 N–H and O–H groups in total. The molecule has 5 nitrogen and oxygen atoms in total. The smallest absolute Gasteiger partial charge is 0.234 e. The highest BCUT2D eigenvalue weighted by atomic mass is 16.5. The van der Waals surface area contributed by atoms with Gasteiger partial charge in [-0.25, -0.2) is 0 Å². The van der Waals surface area contributed by atoms with Gasteiger partial charge >= 0.3 is 0 Å². The second-order valence-electron chi connectivity index (χ2n) is 3.92. The van der Waals surface area contributed by atoms with E-state index in [1.807, 2.05) is 19.1 Å². The maximum atomic E-state index is 11.5. The van der Waals surface area contributed by atoms with Crippen molar-refractivity contribution < 1.29 is 13.9 Å². The topological polar surface area (TPSA) is 63.5 Å². The lowest BCUT2D eigenvalue weighted by Crippen LogP contribution is -2.40. The van der Waals surface area contributed by atoms with Gasteiger partial charge in [-0.3, -0.25) is 4.79 Å². The van der Waals surface area contributed by atoms with Crippen LogP contribution in [0.2, 0.25) is 0 Å². The predicted molar refractivity (Wildman–Crippen MR) is 64.8 cm³/mol. The first-order valence-corrected chi connectivity index (χ1v) is 5.73. The van der Waals surface area contributed by atoms with Crippen molar-refractivity contribution in [2.75, 3.05) is 26.8 Å². The van der Waals surface area contributed by atoms with Crippen molar-refractivity contribution in [3.63, 3.8) is 0 Å². The number of methoxy groups -OCH3 is 1. The molecule has 0 saturated carbocycles. The molecule has 0 radical (unpaired) electrons. The van der Waals surface area contributed by atoms with Crippen molar-refractivity contribution >= 4 is 5.91 Å². The van der Waals surface area contributed by atoms with Gasteiger partial charge in [-0.1, -0.05) is 0 Å². The molecule has 0 aliphatic heterocycles. The summed E-state index contributed by atoms with van der Waals surface area (Å²) in [7, 11) is 1.63. The SMILES string of the molecule is COCCNCC(=O)NC(C)Cc1ccco1. The minimum atomic E-state index is -0.0137. The third-order valence-electron chi connectivity index (χ3n) is 2.26. The predicted octanol–water partition coefficient (Wildman–Crippen LogP) is 0.563. The fourth-order valence-electron chi connectivity index (χ4n) is 1.48. The third-order valence-corrected chi connectivity index (χ3v) is 2.26. The Labute approximate surface area is 102 Å². The Kier molecular flexibility index (Phi) is 6.35. The summed E-state index contributed by atoms with van der Waals surface area (Å²) in [6.45, 7) is 3.55. The molecule has 17 heavy (non-hydrogen) atoms. The summed E-state index contributed by atoms with van der Waals surface area (Å²) in [5.41, 5.74) is 0. The summed E-state index contributed by atoms with van der Waals surface area (Å²) >= 11 is 0. The molecular weight excluding hydrogens is 220 g/mol. The van der Waals surface area contributed by atoms with Gasteiger partial charge in [0.1, 0.15) is 5.76 Å². The van der Waals surface area contributed by atoms with Gasteiger partial charge in [0, 0.05) is 26.1 Å². The van der Waals surface area contributed by atoms with E-state index in [-0.39, 0.29) is 11.9 Å². The van der Waals surface area contributed by atoms with Gasteiger partial charge in [0.15, 0.2) is 0 Å². The Balaban J connectivity index is 2.13. The highest BCUT2D eigenvalue weighted by molar-refractivity contribution is 5.78. The summed E-state index contributed by atoms with van der Waals surface area (Å²) < 4.78 is 10.1.